The van der Waals surface area contributed by atoms with Crippen molar-refractivity contribution in [2.75, 3.05) is 7.11 Å². The monoisotopic (exact) mass is 354 g/mol. The first-order chi connectivity index (χ1) is 13.2. The van der Waals surface area contributed by atoms with E-state index < -0.39 is 0 Å². The van der Waals surface area contributed by atoms with Gasteiger partial charge in [0.05, 0.1) is 7.11 Å². The highest BCUT2D eigenvalue weighted by Crippen LogP contribution is 2.29. The number of hydrogen-bond donors (Lipinski definition) is 1. The largest absolute Gasteiger partial charge is 0.497 e. The molecule has 0 aliphatic rings. The second-order valence-corrected chi connectivity index (χ2v) is 6.20. The van der Waals surface area contributed by atoms with Crippen LogP contribution in [0.4, 0.5) is 0 Å². The van der Waals surface area contributed by atoms with Crippen molar-refractivity contribution in [1.29, 1.82) is 0 Å². The number of nitrogens with one attached hydrogen (secondary N) is 1. The molecule has 0 aliphatic carbocycles. The molecule has 2 aromatic carbocycles. The second-order valence-electron chi connectivity index (χ2n) is 6.20. The van der Waals surface area contributed by atoms with Gasteiger partial charge in [-0.3, -0.25) is 9.78 Å². The molecular weight excluding hydrogens is 336 g/mol. The Morgan fingerprint density at radius 2 is 1.81 bits per heavy atom. The molecule has 27 heavy (non-hydrogen) atoms. The molecule has 1 N–H and O–H groups in total. The van der Waals surface area contributed by atoms with Crippen LogP contribution in [0.3, 0.4) is 0 Å². The fourth-order valence-corrected chi connectivity index (χ4v) is 3.05. The molecule has 0 bridgehead atoms. The molecule has 0 fully saturated rings. The van der Waals surface area contributed by atoms with E-state index in [0.717, 1.165) is 38.9 Å². The SMILES string of the molecule is COc1ccc(C(=Cc2cccnc2)c2ccc3[nH]c(=O)ccc3c2)cc1. The quantitative estimate of drug-likeness (QED) is 0.586. The number of aromatic amines is 1. The topological polar surface area (TPSA) is 55.0 Å². The highest BCUT2D eigenvalue weighted by atomic mass is 16.5. The summed E-state index contributed by atoms with van der Waals surface area (Å²) in [5.41, 5.74) is 4.94. The molecule has 0 saturated carbocycles. The van der Waals surface area contributed by atoms with Crippen molar-refractivity contribution in [2.24, 2.45) is 0 Å². The minimum atomic E-state index is -0.100. The first-order valence-electron chi connectivity index (χ1n) is 8.62. The Morgan fingerprint density at radius 1 is 1.00 bits per heavy atom. The number of pyridine rings is 2. The first-order valence-corrected chi connectivity index (χ1v) is 8.62. The summed E-state index contributed by atoms with van der Waals surface area (Å²) in [6, 6.07) is 21.3. The molecular formula is C23H18N2O2. The third-order valence-corrected chi connectivity index (χ3v) is 4.43. The Morgan fingerprint density at radius 3 is 2.56 bits per heavy atom. The average molecular weight is 354 g/mol. The fourth-order valence-electron chi connectivity index (χ4n) is 3.05. The van der Waals surface area contributed by atoms with Crippen LogP contribution in [0.5, 0.6) is 5.75 Å². The minimum Gasteiger partial charge on any atom is -0.497 e. The summed E-state index contributed by atoms with van der Waals surface area (Å²) in [4.78, 5) is 18.6. The lowest BCUT2D eigenvalue weighted by Crippen LogP contribution is -2.02. The zero-order chi connectivity index (χ0) is 18.6. The van der Waals surface area contributed by atoms with Gasteiger partial charge in [-0.1, -0.05) is 24.3 Å². The van der Waals surface area contributed by atoms with Gasteiger partial charge in [0.15, 0.2) is 0 Å². The molecule has 4 nitrogen and oxygen atoms in total. The molecule has 4 aromatic rings. The van der Waals surface area contributed by atoms with Crippen molar-refractivity contribution in [3.63, 3.8) is 0 Å². The third kappa shape index (κ3) is 3.65. The maximum Gasteiger partial charge on any atom is 0.248 e. The molecule has 0 unspecified atom stereocenters. The van der Waals surface area contributed by atoms with Gasteiger partial charge in [0, 0.05) is 24.0 Å². The standard InChI is InChI=1S/C23H18N2O2/c1-27-20-8-4-17(5-9-20)21(13-16-3-2-12-24-15-16)18-6-10-22-19(14-18)7-11-23(26)25-22/h2-15H,1H3,(H,25,26). The Kier molecular flexibility index (Phi) is 4.54. The van der Waals surface area contributed by atoms with Gasteiger partial charge in [0.1, 0.15) is 5.75 Å². The number of methoxy groups -OCH3 is 1. The molecule has 0 amide bonds. The molecule has 0 atom stereocenters. The van der Waals surface area contributed by atoms with E-state index in [2.05, 4.69) is 22.1 Å². The van der Waals surface area contributed by atoms with Crippen LogP contribution >= 0.6 is 0 Å². The lowest BCUT2D eigenvalue weighted by Gasteiger charge is -2.11. The molecule has 4 heteroatoms. The van der Waals surface area contributed by atoms with Gasteiger partial charge in [0.2, 0.25) is 5.56 Å². The summed E-state index contributed by atoms with van der Waals surface area (Å²) in [5.74, 6) is 0.815. The van der Waals surface area contributed by atoms with Gasteiger partial charge in [-0.15, -0.1) is 0 Å². The Labute approximate surface area is 156 Å². The van der Waals surface area contributed by atoms with E-state index in [1.807, 2.05) is 60.8 Å². The number of H-pyrrole nitrogens is 1. The van der Waals surface area contributed by atoms with Crippen molar-refractivity contribution in [2.45, 2.75) is 0 Å². The summed E-state index contributed by atoms with van der Waals surface area (Å²) < 4.78 is 5.28. The van der Waals surface area contributed by atoms with Crippen LogP contribution in [0.1, 0.15) is 16.7 Å². The number of ether oxygens (including phenoxy) is 1. The molecule has 0 aliphatic heterocycles. The lowest BCUT2D eigenvalue weighted by atomic mass is 9.95. The number of nitrogens with zero attached hydrogens (tertiary/aromatic N) is 1. The fraction of sp³-hybridized carbons (Fsp3) is 0.0435. The highest BCUT2D eigenvalue weighted by Gasteiger charge is 2.08. The Balaban J connectivity index is 1.87. The molecule has 0 spiro atoms. The number of benzene rings is 2. The van der Waals surface area contributed by atoms with Gasteiger partial charge in [-0.2, -0.15) is 0 Å². The Bertz CT molecular complexity index is 1160. The summed E-state index contributed by atoms with van der Waals surface area (Å²) in [7, 11) is 1.66. The maximum absolute atomic E-state index is 11.5. The van der Waals surface area contributed by atoms with E-state index in [4.69, 9.17) is 4.74 Å². The van der Waals surface area contributed by atoms with Crippen molar-refractivity contribution >= 4 is 22.6 Å². The van der Waals surface area contributed by atoms with Gasteiger partial charge in [-0.05, 0) is 70.1 Å². The van der Waals surface area contributed by atoms with E-state index in [1.165, 1.54) is 0 Å². The smallest absolute Gasteiger partial charge is 0.248 e. The van der Waals surface area contributed by atoms with E-state index in [-0.39, 0.29) is 5.56 Å². The molecule has 132 valence electrons. The van der Waals surface area contributed by atoms with E-state index in [9.17, 15) is 4.79 Å². The lowest BCUT2D eigenvalue weighted by molar-refractivity contribution is 0.415. The van der Waals surface area contributed by atoms with Crippen LogP contribution in [0, 0.1) is 0 Å². The van der Waals surface area contributed by atoms with Crippen molar-refractivity contribution in [3.8, 4) is 5.75 Å². The van der Waals surface area contributed by atoms with E-state index >= 15 is 0 Å². The highest BCUT2D eigenvalue weighted by molar-refractivity contribution is 5.94. The third-order valence-electron chi connectivity index (χ3n) is 4.43. The van der Waals surface area contributed by atoms with Crippen LogP contribution in [0.2, 0.25) is 0 Å². The van der Waals surface area contributed by atoms with Gasteiger partial charge in [-0.25, -0.2) is 0 Å². The van der Waals surface area contributed by atoms with Crippen LogP contribution in [0.15, 0.2) is 83.9 Å². The molecule has 4 rings (SSSR count). The van der Waals surface area contributed by atoms with Crippen molar-refractivity contribution in [3.05, 3.63) is 106 Å². The van der Waals surface area contributed by atoms with Gasteiger partial charge < -0.3 is 9.72 Å². The normalized spacial score (nSPS) is 11.5. The van der Waals surface area contributed by atoms with Gasteiger partial charge >= 0.3 is 0 Å². The average Bonchev–Trinajstić information content (AvgIpc) is 2.72. The number of fused-ring (bicyclic) bond motifs is 1. The number of hydrogen-bond acceptors (Lipinski definition) is 3. The Hall–Kier alpha value is -3.66. The summed E-state index contributed by atoms with van der Waals surface area (Å²) >= 11 is 0. The maximum atomic E-state index is 11.5. The van der Waals surface area contributed by atoms with Crippen molar-refractivity contribution in [1.82, 2.24) is 9.97 Å². The van der Waals surface area contributed by atoms with Crippen LogP contribution in [-0.2, 0) is 0 Å². The number of rotatable bonds is 4. The van der Waals surface area contributed by atoms with Crippen LogP contribution < -0.4 is 10.3 Å². The predicted octanol–water partition coefficient (Wildman–Crippen LogP) is 4.52. The van der Waals surface area contributed by atoms with E-state index in [1.54, 1.807) is 19.4 Å². The van der Waals surface area contributed by atoms with Crippen molar-refractivity contribution < 1.29 is 4.74 Å². The zero-order valence-corrected chi connectivity index (χ0v) is 14.8. The van der Waals surface area contributed by atoms with Crippen LogP contribution in [0.25, 0.3) is 22.6 Å². The summed E-state index contributed by atoms with van der Waals surface area (Å²) in [5, 5.41) is 0.984. The molecule has 0 radical (unpaired) electrons. The summed E-state index contributed by atoms with van der Waals surface area (Å²) in [6.45, 7) is 0. The number of aromatic nitrogens is 2. The first kappa shape index (κ1) is 16.8. The molecule has 2 aromatic heterocycles. The van der Waals surface area contributed by atoms with Gasteiger partial charge in [0.25, 0.3) is 0 Å². The predicted molar refractivity (Wildman–Crippen MR) is 109 cm³/mol. The second kappa shape index (κ2) is 7.30. The molecule has 0 saturated heterocycles. The minimum absolute atomic E-state index is 0.100. The van der Waals surface area contributed by atoms with Crippen LogP contribution in [-0.4, -0.2) is 17.1 Å². The molecule has 2 heterocycles. The van der Waals surface area contributed by atoms with E-state index in [0.29, 0.717) is 0 Å². The summed E-state index contributed by atoms with van der Waals surface area (Å²) in [6.07, 6.45) is 5.71. The zero-order valence-electron chi connectivity index (χ0n) is 14.8.